The molecule has 0 unspecified atom stereocenters. The fourth-order valence-corrected chi connectivity index (χ4v) is 2.29. The van der Waals surface area contributed by atoms with Crippen LogP contribution in [-0.2, 0) is 9.59 Å². The molecule has 106 valence electrons. The second-order valence-electron chi connectivity index (χ2n) is 4.93. The molecule has 20 heavy (non-hydrogen) atoms. The summed E-state index contributed by atoms with van der Waals surface area (Å²) < 4.78 is 14.1. The molecule has 1 aliphatic rings. The molecule has 0 bridgehead atoms. The molecular formula is C13H12BrFN2O3. The van der Waals surface area contributed by atoms with Gasteiger partial charge >= 0.3 is 0 Å². The summed E-state index contributed by atoms with van der Waals surface area (Å²) in [5.74, 6) is -2.58. The summed E-state index contributed by atoms with van der Waals surface area (Å²) in [6.45, 7) is 2.72. The van der Waals surface area contributed by atoms with E-state index >= 15 is 0 Å². The predicted molar refractivity (Wildman–Crippen MR) is 72.4 cm³/mol. The number of amides is 3. The van der Waals surface area contributed by atoms with Crippen molar-refractivity contribution < 1.29 is 18.8 Å². The van der Waals surface area contributed by atoms with Gasteiger partial charge in [-0.15, -0.1) is 0 Å². The van der Waals surface area contributed by atoms with Crippen molar-refractivity contribution in [3.8, 4) is 0 Å². The zero-order chi connectivity index (χ0) is 15.1. The van der Waals surface area contributed by atoms with Crippen molar-refractivity contribution in [3.05, 3.63) is 34.1 Å². The molecule has 3 amide bonds. The van der Waals surface area contributed by atoms with Crippen molar-refractivity contribution in [1.29, 1.82) is 0 Å². The fraction of sp³-hybridized carbons (Fsp3) is 0.308. The van der Waals surface area contributed by atoms with E-state index in [1.165, 1.54) is 32.0 Å². The number of piperazine rings is 1. The molecule has 1 aromatic rings. The van der Waals surface area contributed by atoms with Crippen LogP contribution < -0.4 is 5.32 Å². The number of benzene rings is 1. The maximum atomic E-state index is 14.0. The third kappa shape index (κ3) is 2.33. The molecular weight excluding hydrogens is 331 g/mol. The Bertz CT molecular complexity index is 616. The highest BCUT2D eigenvalue weighted by Gasteiger charge is 2.44. The quantitative estimate of drug-likeness (QED) is 0.786. The lowest BCUT2D eigenvalue weighted by molar-refractivity contribution is -0.143. The summed E-state index contributed by atoms with van der Waals surface area (Å²) in [6.07, 6.45) is 0. The third-order valence-corrected chi connectivity index (χ3v) is 3.82. The number of carbonyl (C=O) groups excluding carboxylic acids is 3. The zero-order valence-electron chi connectivity index (χ0n) is 10.9. The number of nitrogens with zero attached hydrogens (tertiary/aromatic N) is 1. The molecule has 1 fully saturated rings. The molecule has 7 heteroatoms. The second kappa shape index (κ2) is 4.97. The molecule has 2 rings (SSSR count). The van der Waals surface area contributed by atoms with Gasteiger partial charge in [0.2, 0.25) is 5.91 Å². The van der Waals surface area contributed by atoms with Gasteiger partial charge in [0.1, 0.15) is 17.9 Å². The number of nitrogens with one attached hydrogen (secondary N) is 1. The fourth-order valence-electron chi connectivity index (χ4n) is 1.92. The van der Waals surface area contributed by atoms with Gasteiger partial charge in [-0.2, -0.15) is 0 Å². The van der Waals surface area contributed by atoms with E-state index in [2.05, 4.69) is 21.2 Å². The van der Waals surface area contributed by atoms with Crippen LogP contribution in [-0.4, -0.2) is 34.7 Å². The van der Waals surface area contributed by atoms with Crippen LogP contribution >= 0.6 is 15.9 Å². The van der Waals surface area contributed by atoms with E-state index in [1.807, 2.05) is 0 Å². The Hall–Kier alpha value is -1.76. The minimum absolute atomic E-state index is 0.147. The van der Waals surface area contributed by atoms with Gasteiger partial charge in [0.05, 0.1) is 10.0 Å². The minimum atomic E-state index is -1.22. The van der Waals surface area contributed by atoms with Gasteiger partial charge in [-0.25, -0.2) is 4.39 Å². The lowest BCUT2D eigenvalue weighted by Crippen LogP contribution is -2.65. The Morgan fingerprint density at radius 1 is 1.40 bits per heavy atom. The van der Waals surface area contributed by atoms with Crippen molar-refractivity contribution >= 4 is 33.7 Å². The van der Waals surface area contributed by atoms with E-state index in [-0.39, 0.29) is 16.6 Å². The molecule has 0 aromatic heterocycles. The first-order chi connectivity index (χ1) is 9.25. The maximum Gasteiger partial charge on any atom is 0.258 e. The van der Waals surface area contributed by atoms with Gasteiger partial charge in [0.25, 0.3) is 11.8 Å². The molecule has 5 nitrogen and oxygen atoms in total. The molecule has 1 aromatic carbocycles. The molecule has 1 aliphatic heterocycles. The number of rotatable bonds is 1. The van der Waals surface area contributed by atoms with Gasteiger partial charge in [-0.05, 0) is 41.9 Å². The summed E-state index contributed by atoms with van der Waals surface area (Å²) in [7, 11) is 0. The standard InChI is InChI=1S/C13H12BrFN2O3/c1-13(2)12(20)16-9(18)6-17(13)11(19)7-4-3-5-8(14)10(7)15/h3-5H,6H2,1-2H3,(H,16,18,20). The van der Waals surface area contributed by atoms with Crippen LogP contribution in [0.4, 0.5) is 4.39 Å². The average molecular weight is 343 g/mol. The summed E-state index contributed by atoms with van der Waals surface area (Å²) in [5, 5.41) is 2.16. The van der Waals surface area contributed by atoms with Crippen molar-refractivity contribution in [3.63, 3.8) is 0 Å². The molecule has 1 heterocycles. The van der Waals surface area contributed by atoms with Crippen molar-refractivity contribution in [2.75, 3.05) is 6.54 Å². The SMILES string of the molecule is CC1(C)C(=O)NC(=O)CN1C(=O)c1cccc(Br)c1F. The lowest BCUT2D eigenvalue weighted by Gasteiger charge is -2.40. The van der Waals surface area contributed by atoms with Crippen LogP contribution in [0.1, 0.15) is 24.2 Å². The molecule has 0 radical (unpaired) electrons. The van der Waals surface area contributed by atoms with Gasteiger partial charge in [-0.3, -0.25) is 19.7 Å². The van der Waals surface area contributed by atoms with Crippen LogP contribution in [0.2, 0.25) is 0 Å². The van der Waals surface area contributed by atoms with Gasteiger partial charge < -0.3 is 4.90 Å². The highest BCUT2D eigenvalue weighted by Crippen LogP contribution is 2.25. The first-order valence-electron chi connectivity index (χ1n) is 5.85. The molecule has 0 spiro atoms. The van der Waals surface area contributed by atoms with Crippen LogP contribution in [0.25, 0.3) is 0 Å². The van der Waals surface area contributed by atoms with E-state index in [1.54, 1.807) is 0 Å². The van der Waals surface area contributed by atoms with Crippen molar-refractivity contribution in [2.24, 2.45) is 0 Å². The van der Waals surface area contributed by atoms with Gasteiger partial charge in [0.15, 0.2) is 0 Å². The topological polar surface area (TPSA) is 66.5 Å². The van der Waals surface area contributed by atoms with Crippen molar-refractivity contribution in [1.82, 2.24) is 10.2 Å². The summed E-state index contributed by atoms with van der Waals surface area (Å²) in [5.41, 5.74) is -1.41. The van der Waals surface area contributed by atoms with Crippen LogP contribution in [0.3, 0.4) is 0 Å². The third-order valence-electron chi connectivity index (χ3n) is 3.21. The number of imide groups is 1. The van der Waals surface area contributed by atoms with Crippen LogP contribution in [0, 0.1) is 5.82 Å². The Balaban J connectivity index is 2.43. The Morgan fingerprint density at radius 2 is 2.05 bits per heavy atom. The Morgan fingerprint density at radius 3 is 2.70 bits per heavy atom. The average Bonchev–Trinajstić information content (AvgIpc) is 2.37. The van der Waals surface area contributed by atoms with E-state index < -0.39 is 29.1 Å². The number of carbonyl (C=O) groups is 3. The van der Waals surface area contributed by atoms with E-state index in [9.17, 15) is 18.8 Å². The number of hydrogen-bond acceptors (Lipinski definition) is 3. The lowest BCUT2D eigenvalue weighted by atomic mass is 9.97. The highest BCUT2D eigenvalue weighted by molar-refractivity contribution is 9.10. The summed E-state index contributed by atoms with van der Waals surface area (Å²) >= 11 is 3.00. The monoisotopic (exact) mass is 342 g/mol. The zero-order valence-corrected chi connectivity index (χ0v) is 12.5. The van der Waals surface area contributed by atoms with Gasteiger partial charge in [-0.1, -0.05) is 6.07 Å². The molecule has 1 N–H and O–H groups in total. The normalized spacial score (nSPS) is 17.9. The number of hydrogen-bond donors (Lipinski definition) is 1. The molecule has 0 atom stereocenters. The van der Waals surface area contributed by atoms with Crippen LogP contribution in [0.15, 0.2) is 22.7 Å². The smallest absolute Gasteiger partial charge is 0.258 e. The van der Waals surface area contributed by atoms with Crippen LogP contribution in [0.5, 0.6) is 0 Å². The first kappa shape index (κ1) is 14.6. The Kier molecular flexibility index (Phi) is 3.64. The second-order valence-corrected chi connectivity index (χ2v) is 5.78. The predicted octanol–water partition coefficient (Wildman–Crippen LogP) is 1.47. The summed E-state index contributed by atoms with van der Waals surface area (Å²) in [4.78, 5) is 36.7. The highest BCUT2D eigenvalue weighted by atomic mass is 79.9. The largest absolute Gasteiger partial charge is 0.315 e. The van der Waals surface area contributed by atoms with E-state index in [4.69, 9.17) is 0 Å². The molecule has 0 saturated carbocycles. The van der Waals surface area contributed by atoms with Crippen molar-refractivity contribution in [2.45, 2.75) is 19.4 Å². The van der Waals surface area contributed by atoms with E-state index in [0.717, 1.165) is 4.90 Å². The molecule has 1 saturated heterocycles. The summed E-state index contributed by atoms with van der Waals surface area (Å²) in [6, 6.07) is 4.29. The van der Waals surface area contributed by atoms with E-state index in [0.29, 0.717) is 0 Å². The number of halogens is 2. The molecule has 0 aliphatic carbocycles. The van der Waals surface area contributed by atoms with Gasteiger partial charge in [0, 0.05) is 0 Å². The first-order valence-corrected chi connectivity index (χ1v) is 6.64. The Labute approximate surface area is 123 Å². The maximum absolute atomic E-state index is 14.0. The minimum Gasteiger partial charge on any atom is -0.315 e.